The van der Waals surface area contributed by atoms with Gasteiger partial charge in [-0.1, -0.05) is 35.5 Å². The van der Waals surface area contributed by atoms with Crippen molar-refractivity contribution in [3.05, 3.63) is 56.8 Å². The van der Waals surface area contributed by atoms with Gasteiger partial charge in [0.25, 0.3) is 5.91 Å². The number of esters is 1. The number of aromatic nitrogens is 1. The topological polar surface area (TPSA) is 112 Å². The predicted molar refractivity (Wildman–Crippen MR) is 98.3 cm³/mol. The van der Waals surface area contributed by atoms with Crippen molar-refractivity contribution in [3.63, 3.8) is 0 Å². The maximum atomic E-state index is 11.8. The Balaban J connectivity index is 1.86. The second-order valence-corrected chi connectivity index (χ2v) is 6.50. The number of rotatable bonds is 6. The fraction of sp³-hybridized carbons (Fsp3) is 0.176. The number of aromatic amines is 1. The van der Waals surface area contributed by atoms with Crippen molar-refractivity contribution in [3.8, 4) is 6.07 Å². The van der Waals surface area contributed by atoms with Crippen LogP contribution in [0.2, 0.25) is 5.02 Å². The number of hydrogen-bond donors (Lipinski definition) is 2. The molecular formula is C17H14ClN3O4S. The van der Waals surface area contributed by atoms with Crippen LogP contribution in [-0.2, 0) is 14.3 Å². The van der Waals surface area contributed by atoms with Crippen molar-refractivity contribution in [2.45, 2.75) is 11.9 Å². The first kappa shape index (κ1) is 19.6. The summed E-state index contributed by atoms with van der Waals surface area (Å²) in [6, 6.07) is 9.95. The molecule has 0 aliphatic rings. The number of nitrogens with zero attached hydrogens (tertiary/aromatic N) is 1. The van der Waals surface area contributed by atoms with Crippen LogP contribution in [0.3, 0.4) is 0 Å². The van der Waals surface area contributed by atoms with Crippen molar-refractivity contribution < 1.29 is 14.3 Å². The highest BCUT2D eigenvalue weighted by atomic mass is 35.5. The lowest BCUT2D eigenvalue weighted by molar-refractivity contribution is -0.144. The molecule has 0 fully saturated rings. The maximum Gasteiger partial charge on any atom is 0.316 e. The molecule has 26 heavy (non-hydrogen) atoms. The first-order chi connectivity index (χ1) is 12.4. The first-order valence-electron chi connectivity index (χ1n) is 7.37. The summed E-state index contributed by atoms with van der Waals surface area (Å²) in [5.41, 5.74) is 0.863. The van der Waals surface area contributed by atoms with E-state index in [0.29, 0.717) is 21.8 Å². The summed E-state index contributed by atoms with van der Waals surface area (Å²) in [5, 5.41) is 12.3. The number of carbonyl (C=O) groups excluding carboxylic acids is 2. The highest BCUT2D eigenvalue weighted by molar-refractivity contribution is 7.99. The van der Waals surface area contributed by atoms with Gasteiger partial charge in [-0.3, -0.25) is 14.4 Å². The molecule has 0 unspecified atom stereocenters. The molecular weight excluding hydrogens is 378 g/mol. The Morgan fingerprint density at radius 3 is 2.81 bits per heavy atom. The molecule has 1 aromatic carbocycles. The number of thioether (sulfide) groups is 1. The van der Waals surface area contributed by atoms with Gasteiger partial charge in [0.15, 0.2) is 6.61 Å². The van der Waals surface area contributed by atoms with Crippen molar-refractivity contribution in [1.29, 1.82) is 5.26 Å². The normalized spacial score (nSPS) is 10.0. The monoisotopic (exact) mass is 391 g/mol. The second-order valence-electron chi connectivity index (χ2n) is 5.11. The van der Waals surface area contributed by atoms with Crippen LogP contribution < -0.4 is 10.9 Å². The van der Waals surface area contributed by atoms with Crippen LogP contribution in [0.4, 0.5) is 5.69 Å². The van der Waals surface area contributed by atoms with E-state index in [-0.39, 0.29) is 16.3 Å². The van der Waals surface area contributed by atoms with Gasteiger partial charge < -0.3 is 15.0 Å². The summed E-state index contributed by atoms with van der Waals surface area (Å²) in [6.45, 7) is 1.16. The van der Waals surface area contributed by atoms with E-state index in [4.69, 9.17) is 21.6 Å². The maximum absolute atomic E-state index is 11.8. The molecule has 1 amide bonds. The lowest BCUT2D eigenvalue weighted by Gasteiger charge is -2.08. The molecule has 7 nitrogen and oxygen atoms in total. The molecule has 0 aliphatic heterocycles. The zero-order valence-corrected chi connectivity index (χ0v) is 15.2. The fourth-order valence-corrected chi connectivity index (χ4v) is 3.03. The molecule has 1 aromatic heterocycles. The van der Waals surface area contributed by atoms with Crippen molar-refractivity contribution in [1.82, 2.24) is 4.98 Å². The number of aryl methyl sites for hydroxylation is 1. The molecule has 0 aliphatic carbocycles. The molecule has 0 radical (unpaired) electrons. The lowest BCUT2D eigenvalue weighted by Crippen LogP contribution is -2.22. The van der Waals surface area contributed by atoms with E-state index in [1.54, 1.807) is 31.2 Å². The molecule has 1 heterocycles. The number of hydrogen-bond acceptors (Lipinski definition) is 6. The highest BCUT2D eigenvalue weighted by Crippen LogP contribution is 2.21. The van der Waals surface area contributed by atoms with Crippen LogP contribution in [0.15, 0.2) is 40.2 Å². The number of benzene rings is 1. The fourth-order valence-electron chi connectivity index (χ4n) is 1.97. The van der Waals surface area contributed by atoms with Gasteiger partial charge >= 0.3 is 5.97 Å². The number of anilines is 1. The summed E-state index contributed by atoms with van der Waals surface area (Å²) in [6.07, 6.45) is 0. The van der Waals surface area contributed by atoms with Crippen molar-refractivity contribution in [2.24, 2.45) is 0 Å². The van der Waals surface area contributed by atoms with Crippen LogP contribution in [0.25, 0.3) is 0 Å². The minimum absolute atomic E-state index is 0.159. The number of carbonyl (C=O) groups is 2. The smallest absolute Gasteiger partial charge is 0.316 e. The third-order valence-electron chi connectivity index (χ3n) is 3.16. The molecule has 0 saturated carbocycles. The molecule has 134 valence electrons. The Bertz CT molecular complexity index is 936. The van der Waals surface area contributed by atoms with E-state index in [2.05, 4.69) is 10.3 Å². The van der Waals surface area contributed by atoms with Crippen molar-refractivity contribution >= 4 is 40.9 Å². The standard InChI is InChI=1S/C17H14ClN3O4S/c1-10-6-14(22)21-17(11(10)7-19)26-9-16(24)25-8-15(23)20-13-5-3-2-4-12(13)18/h2-6H,8-9H2,1H3,(H,20,23)(H,21,22). The van der Waals surface area contributed by atoms with E-state index in [1.807, 2.05) is 6.07 Å². The van der Waals surface area contributed by atoms with Crippen LogP contribution in [-0.4, -0.2) is 29.2 Å². The van der Waals surface area contributed by atoms with E-state index in [9.17, 15) is 14.4 Å². The van der Waals surface area contributed by atoms with Crippen LogP contribution in [0.5, 0.6) is 0 Å². The molecule has 2 aromatic rings. The Morgan fingerprint density at radius 1 is 1.38 bits per heavy atom. The highest BCUT2D eigenvalue weighted by Gasteiger charge is 2.13. The van der Waals surface area contributed by atoms with Crippen LogP contribution in [0, 0.1) is 18.3 Å². The Kier molecular flexibility index (Phi) is 6.83. The average Bonchev–Trinajstić information content (AvgIpc) is 2.59. The number of ether oxygens (including phenoxy) is 1. The molecule has 0 bridgehead atoms. The quantitative estimate of drug-likeness (QED) is 0.578. The van der Waals surface area contributed by atoms with Gasteiger partial charge in [-0.25, -0.2) is 0 Å². The number of H-pyrrole nitrogens is 1. The van der Waals surface area contributed by atoms with Gasteiger partial charge in [-0.2, -0.15) is 5.26 Å². The molecule has 0 spiro atoms. The summed E-state index contributed by atoms with van der Waals surface area (Å²) >= 11 is 6.88. The van der Waals surface area contributed by atoms with E-state index in [1.165, 1.54) is 6.07 Å². The zero-order chi connectivity index (χ0) is 19.1. The molecule has 0 atom stereocenters. The number of pyridine rings is 1. The number of para-hydroxylation sites is 1. The molecule has 9 heteroatoms. The summed E-state index contributed by atoms with van der Waals surface area (Å²) in [7, 11) is 0. The van der Waals surface area contributed by atoms with Crippen LogP contribution in [0.1, 0.15) is 11.1 Å². The summed E-state index contributed by atoms with van der Waals surface area (Å²) < 4.78 is 4.88. The average molecular weight is 392 g/mol. The number of nitrogens with one attached hydrogen (secondary N) is 2. The van der Waals surface area contributed by atoms with Gasteiger partial charge in [-0.05, 0) is 24.6 Å². The van der Waals surface area contributed by atoms with Gasteiger partial charge in [0, 0.05) is 6.07 Å². The van der Waals surface area contributed by atoms with Crippen LogP contribution >= 0.6 is 23.4 Å². The second kappa shape index (κ2) is 9.08. The summed E-state index contributed by atoms with van der Waals surface area (Å²) in [4.78, 5) is 37.6. The van der Waals surface area contributed by atoms with E-state index < -0.39 is 18.5 Å². The number of nitriles is 1. The van der Waals surface area contributed by atoms with Gasteiger partial charge in [0.2, 0.25) is 5.56 Å². The number of amides is 1. The molecule has 2 N–H and O–H groups in total. The van der Waals surface area contributed by atoms with Gasteiger partial charge in [0.05, 0.1) is 27.1 Å². The molecule has 2 rings (SSSR count). The predicted octanol–water partition coefficient (Wildman–Crippen LogP) is 2.48. The summed E-state index contributed by atoms with van der Waals surface area (Å²) in [5.74, 6) is -1.35. The zero-order valence-electron chi connectivity index (χ0n) is 13.7. The Labute approximate surface area is 158 Å². The third kappa shape index (κ3) is 5.37. The Morgan fingerprint density at radius 2 is 2.12 bits per heavy atom. The first-order valence-corrected chi connectivity index (χ1v) is 8.74. The van der Waals surface area contributed by atoms with Gasteiger partial charge in [0.1, 0.15) is 6.07 Å². The largest absolute Gasteiger partial charge is 0.455 e. The van der Waals surface area contributed by atoms with E-state index in [0.717, 1.165) is 11.8 Å². The minimum Gasteiger partial charge on any atom is -0.455 e. The Hall–Kier alpha value is -2.76. The minimum atomic E-state index is -0.657. The third-order valence-corrected chi connectivity index (χ3v) is 4.47. The number of halogens is 1. The van der Waals surface area contributed by atoms with Crippen molar-refractivity contribution in [2.75, 3.05) is 17.7 Å². The lowest BCUT2D eigenvalue weighted by atomic mass is 10.2. The molecule has 0 saturated heterocycles. The van der Waals surface area contributed by atoms with Gasteiger partial charge in [-0.15, -0.1) is 0 Å². The van der Waals surface area contributed by atoms with E-state index >= 15 is 0 Å². The SMILES string of the molecule is Cc1cc(=O)[nH]c(SCC(=O)OCC(=O)Nc2ccccc2Cl)c1C#N.